The van der Waals surface area contributed by atoms with Crippen molar-refractivity contribution in [1.29, 1.82) is 0 Å². The zero-order chi connectivity index (χ0) is 18.2. The second-order valence-corrected chi connectivity index (χ2v) is 7.18. The largest absolute Gasteiger partial charge is 0.379 e. The number of hydrogen-bond acceptors (Lipinski definition) is 3. The maximum atomic E-state index is 12.1. The van der Waals surface area contributed by atoms with Crippen molar-refractivity contribution in [2.24, 2.45) is 0 Å². The Balaban J connectivity index is 1.55. The molecule has 26 heavy (non-hydrogen) atoms. The van der Waals surface area contributed by atoms with Crippen molar-refractivity contribution in [2.45, 2.75) is 13.1 Å². The van der Waals surface area contributed by atoms with E-state index in [0.29, 0.717) is 6.54 Å². The van der Waals surface area contributed by atoms with E-state index in [4.69, 9.17) is 4.74 Å². The van der Waals surface area contributed by atoms with Crippen molar-refractivity contribution in [3.8, 4) is 0 Å². The molecule has 1 heterocycles. The van der Waals surface area contributed by atoms with Crippen LogP contribution in [0.2, 0.25) is 0 Å². The van der Waals surface area contributed by atoms with Gasteiger partial charge in [-0.1, -0.05) is 52.3 Å². The average Bonchev–Trinajstić information content (AvgIpc) is 2.68. The first-order chi connectivity index (χ1) is 12.7. The third-order valence-electron chi connectivity index (χ3n) is 4.37. The Kier molecular flexibility index (Phi) is 7.00. The number of nitrogens with one attached hydrogen (secondary N) is 1. The zero-order valence-corrected chi connectivity index (χ0v) is 16.2. The number of rotatable bonds is 6. The highest BCUT2D eigenvalue weighted by molar-refractivity contribution is 9.10. The molecule has 1 saturated heterocycles. The molecule has 1 fully saturated rings. The molecule has 0 aromatic heterocycles. The fraction of sp³-hybridized carbons (Fsp3) is 0.286. The number of morpholine rings is 1. The molecule has 0 aliphatic carbocycles. The van der Waals surface area contributed by atoms with Gasteiger partial charge in [-0.3, -0.25) is 9.69 Å². The Morgan fingerprint density at radius 3 is 2.50 bits per heavy atom. The van der Waals surface area contributed by atoms with Crippen LogP contribution in [0.25, 0.3) is 6.08 Å². The van der Waals surface area contributed by atoms with E-state index in [1.165, 1.54) is 5.56 Å². The van der Waals surface area contributed by atoms with E-state index in [9.17, 15) is 4.79 Å². The van der Waals surface area contributed by atoms with Crippen molar-refractivity contribution in [1.82, 2.24) is 10.2 Å². The van der Waals surface area contributed by atoms with Gasteiger partial charge in [-0.15, -0.1) is 0 Å². The molecule has 1 amide bonds. The number of carbonyl (C=O) groups excluding carboxylic acids is 1. The van der Waals surface area contributed by atoms with Gasteiger partial charge in [0, 0.05) is 36.7 Å². The second kappa shape index (κ2) is 9.67. The van der Waals surface area contributed by atoms with Crippen molar-refractivity contribution < 1.29 is 9.53 Å². The summed E-state index contributed by atoms with van der Waals surface area (Å²) in [5.41, 5.74) is 3.41. The monoisotopic (exact) mass is 414 g/mol. The van der Waals surface area contributed by atoms with Gasteiger partial charge >= 0.3 is 0 Å². The zero-order valence-electron chi connectivity index (χ0n) is 14.7. The molecule has 1 N–H and O–H groups in total. The van der Waals surface area contributed by atoms with E-state index in [0.717, 1.165) is 48.4 Å². The quantitative estimate of drug-likeness (QED) is 0.733. The number of ether oxygens (including phenoxy) is 1. The van der Waals surface area contributed by atoms with Crippen molar-refractivity contribution in [3.05, 3.63) is 75.8 Å². The molecule has 0 saturated carbocycles. The Labute approximate surface area is 163 Å². The van der Waals surface area contributed by atoms with Gasteiger partial charge < -0.3 is 10.1 Å². The van der Waals surface area contributed by atoms with Gasteiger partial charge in [0.25, 0.3) is 0 Å². The minimum atomic E-state index is -0.0888. The number of amides is 1. The van der Waals surface area contributed by atoms with Crippen LogP contribution in [0.1, 0.15) is 16.7 Å². The Bertz CT molecular complexity index is 753. The highest BCUT2D eigenvalue weighted by Gasteiger charge is 2.12. The lowest BCUT2D eigenvalue weighted by atomic mass is 10.1. The first kappa shape index (κ1) is 18.8. The normalized spacial score (nSPS) is 15.3. The van der Waals surface area contributed by atoms with Gasteiger partial charge in [-0.2, -0.15) is 0 Å². The molecule has 0 radical (unpaired) electrons. The maximum absolute atomic E-state index is 12.1. The summed E-state index contributed by atoms with van der Waals surface area (Å²) in [6, 6.07) is 16.1. The molecule has 136 valence electrons. The predicted octanol–water partition coefficient (Wildman–Crippen LogP) is 3.61. The van der Waals surface area contributed by atoms with Crippen LogP contribution in [-0.2, 0) is 22.6 Å². The van der Waals surface area contributed by atoms with Crippen molar-refractivity contribution >= 4 is 27.9 Å². The highest BCUT2D eigenvalue weighted by atomic mass is 79.9. The van der Waals surface area contributed by atoms with E-state index in [2.05, 4.69) is 44.3 Å². The molecule has 1 aliphatic heterocycles. The number of hydrogen-bond donors (Lipinski definition) is 1. The lowest BCUT2D eigenvalue weighted by Gasteiger charge is -2.27. The number of carbonyl (C=O) groups is 1. The second-order valence-electron chi connectivity index (χ2n) is 6.26. The minimum Gasteiger partial charge on any atom is -0.379 e. The molecule has 0 bridgehead atoms. The third kappa shape index (κ3) is 5.80. The Morgan fingerprint density at radius 2 is 1.77 bits per heavy atom. The fourth-order valence-corrected chi connectivity index (χ4v) is 3.14. The Hall–Kier alpha value is -1.95. The molecule has 0 spiro atoms. The van der Waals surface area contributed by atoms with Gasteiger partial charge in [-0.25, -0.2) is 0 Å². The summed E-state index contributed by atoms with van der Waals surface area (Å²) >= 11 is 3.40. The lowest BCUT2D eigenvalue weighted by Crippen LogP contribution is -2.36. The molecule has 3 rings (SSSR count). The molecular formula is C21H23BrN2O2. The molecular weight excluding hydrogens is 392 g/mol. The first-order valence-corrected chi connectivity index (χ1v) is 9.58. The van der Waals surface area contributed by atoms with E-state index in [1.54, 1.807) is 6.08 Å². The van der Waals surface area contributed by atoms with E-state index >= 15 is 0 Å². The summed E-state index contributed by atoms with van der Waals surface area (Å²) in [6.45, 7) is 4.92. The van der Waals surface area contributed by atoms with Crippen LogP contribution < -0.4 is 5.32 Å². The topological polar surface area (TPSA) is 41.6 Å². The lowest BCUT2D eigenvalue weighted by molar-refractivity contribution is -0.116. The minimum absolute atomic E-state index is 0.0888. The molecule has 2 aromatic rings. The van der Waals surface area contributed by atoms with E-state index in [-0.39, 0.29) is 5.91 Å². The molecule has 4 nitrogen and oxygen atoms in total. The SMILES string of the molecule is O=C(/C=C/c1ccc(Br)cc1)NCc1ccccc1CN1CCOCC1. The third-order valence-corrected chi connectivity index (χ3v) is 4.89. The van der Waals surface area contributed by atoms with Gasteiger partial charge in [0.2, 0.25) is 5.91 Å². The standard InChI is InChI=1S/C21H23BrN2O2/c22-20-8-5-17(6-9-20)7-10-21(25)23-15-18-3-1-2-4-19(18)16-24-11-13-26-14-12-24/h1-10H,11-16H2,(H,23,25)/b10-7+. The van der Waals surface area contributed by atoms with Crippen LogP contribution in [-0.4, -0.2) is 37.1 Å². The van der Waals surface area contributed by atoms with Crippen LogP contribution in [0.5, 0.6) is 0 Å². The average molecular weight is 415 g/mol. The predicted molar refractivity (Wildman–Crippen MR) is 108 cm³/mol. The van der Waals surface area contributed by atoms with Gasteiger partial charge in [-0.05, 0) is 34.9 Å². The summed E-state index contributed by atoms with van der Waals surface area (Å²) in [5.74, 6) is -0.0888. The maximum Gasteiger partial charge on any atom is 0.244 e. The fourth-order valence-electron chi connectivity index (χ4n) is 2.87. The van der Waals surface area contributed by atoms with Crippen LogP contribution in [0.15, 0.2) is 59.1 Å². The highest BCUT2D eigenvalue weighted by Crippen LogP contribution is 2.13. The number of halogens is 1. The van der Waals surface area contributed by atoms with Crippen LogP contribution in [0.4, 0.5) is 0 Å². The van der Waals surface area contributed by atoms with Gasteiger partial charge in [0.15, 0.2) is 0 Å². The van der Waals surface area contributed by atoms with Crippen molar-refractivity contribution in [3.63, 3.8) is 0 Å². The molecule has 1 aliphatic rings. The van der Waals surface area contributed by atoms with Gasteiger partial charge in [0.1, 0.15) is 0 Å². The summed E-state index contributed by atoms with van der Waals surface area (Å²) in [5, 5.41) is 2.98. The van der Waals surface area contributed by atoms with E-state index < -0.39 is 0 Å². The number of nitrogens with zero attached hydrogens (tertiary/aromatic N) is 1. The van der Waals surface area contributed by atoms with E-state index in [1.807, 2.05) is 36.4 Å². The summed E-state index contributed by atoms with van der Waals surface area (Å²) in [4.78, 5) is 14.5. The molecule has 2 aromatic carbocycles. The summed E-state index contributed by atoms with van der Waals surface area (Å²) in [6.07, 6.45) is 3.40. The Morgan fingerprint density at radius 1 is 1.08 bits per heavy atom. The molecule has 0 atom stereocenters. The smallest absolute Gasteiger partial charge is 0.244 e. The number of benzene rings is 2. The van der Waals surface area contributed by atoms with Crippen molar-refractivity contribution in [2.75, 3.05) is 26.3 Å². The van der Waals surface area contributed by atoms with Crippen LogP contribution in [0.3, 0.4) is 0 Å². The molecule has 0 unspecified atom stereocenters. The molecule has 5 heteroatoms. The van der Waals surface area contributed by atoms with Crippen LogP contribution >= 0.6 is 15.9 Å². The van der Waals surface area contributed by atoms with Crippen LogP contribution in [0, 0.1) is 0 Å². The first-order valence-electron chi connectivity index (χ1n) is 8.79. The summed E-state index contributed by atoms with van der Waals surface area (Å²) in [7, 11) is 0. The van der Waals surface area contributed by atoms with Gasteiger partial charge in [0.05, 0.1) is 13.2 Å². The summed E-state index contributed by atoms with van der Waals surface area (Å²) < 4.78 is 6.43.